The molecule has 0 unspecified atom stereocenters. The predicted molar refractivity (Wildman–Crippen MR) is 71.7 cm³/mol. The number of benzene rings is 2. The third kappa shape index (κ3) is 2.13. The molecule has 0 saturated carbocycles. The van der Waals surface area contributed by atoms with Gasteiger partial charge in [0.25, 0.3) is 5.91 Å². The molecular formula is C14H14N2O2. The average molecular weight is 242 g/mol. The second-order valence-corrected chi connectivity index (χ2v) is 3.94. The molecule has 2 rings (SSSR count). The molecule has 0 spiro atoms. The number of carbonyl (C=O) groups is 1. The molecule has 0 aliphatic rings. The topological polar surface area (TPSA) is 66.6 Å². The zero-order chi connectivity index (χ0) is 13.1. The van der Waals surface area contributed by atoms with Gasteiger partial charge >= 0.3 is 0 Å². The molecule has 0 atom stereocenters. The minimum absolute atomic E-state index is 0.0381. The number of nitrogen functional groups attached to an aromatic ring is 1. The lowest BCUT2D eigenvalue weighted by molar-refractivity contribution is 0.0990. The zero-order valence-corrected chi connectivity index (χ0v) is 10.00. The Morgan fingerprint density at radius 2 is 1.72 bits per heavy atom. The number of anilines is 2. The number of para-hydroxylation sites is 3. The third-order valence-electron chi connectivity index (χ3n) is 2.74. The van der Waals surface area contributed by atoms with Crippen LogP contribution in [0, 0.1) is 0 Å². The highest BCUT2D eigenvalue weighted by atomic mass is 16.3. The number of hydrogen-bond acceptors (Lipinski definition) is 3. The van der Waals surface area contributed by atoms with Crippen LogP contribution < -0.4 is 10.6 Å². The number of carbonyl (C=O) groups excluding carboxylic acids is 1. The van der Waals surface area contributed by atoms with Crippen molar-refractivity contribution in [2.24, 2.45) is 0 Å². The molecule has 0 fully saturated rings. The molecule has 0 aromatic heterocycles. The number of amides is 1. The fourth-order valence-electron chi connectivity index (χ4n) is 1.74. The van der Waals surface area contributed by atoms with Crippen LogP contribution in [0.2, 0.25) is 0 Å². The maximum atomic E-state index is 12.2. The molecular weight excluding hydrogens is 228 g/mol. The Kier molecular flexibility index (Phi) is 3.19. The van der Waals surface area contributed by atoms with Crippen molar-refractivity contribution in [2.45, 2.75) is 0 Å². The quantitative estimate of drug-likeness (QED) is 0.794. The Bertz CT molecular complexity index is 582. The van der Waals surface area contributed by atoms with Gasteiger partial charge in [0.1, 0.15) is 5.75 Å². The van der Waals surface area contributed by atoms with Gasteiger partial charge in [-0.1, -0.05) is 24.3 Å². The first kappa shape index (κ1) is 12.0. The lowest BCUT2D eigenvalue weighted by Gasteiger charge is -2.19. The number of aromatic hydroxyl groups is 1. The maximum absolute atomic E-state index is 12.2. The van der Waals surface area contributed by atoms with Crippen molar-refractivity contribution in [2.75, 3.05) is 17.7 Å². The molecule has 92 valence electrons. The van der Waals surface area contributed by atoms with Gasteiger partial charge in [0.05, 0.1) is 16.9 Å². The molecule has 0 aliphatic carbocycles. The minimum Gasteiger partial charge on any atom is -0.507 e. The second-order valence-electron chi connectivity index (χ2n) is 3.94. The molecule has 1 amide bonds. The van der Waals surface area contributed by atoms with Crippen molar-refractivity contribution in [3.8, 4) is 5.75 Å². The van der Waals surface area contributed by atoms with Crippen molar-refractivity contribution >= 4 is 17.3 Å². The molecule has 0 radical (unpaired) electrons. The Hall–Kier alpha value is -2.49. The summed E-state index contributed by atoms with van der Waals surface area (Å²) >= 11 is 0. The highest BCUT2D eigenvalue weighted by Gasteiger charge is 2.17. The fourth-order valence-corrected chi connectivity index (χ4v) is 1.74. The van der Waals surface area contributed by atoms with Crippen LogP contribution in [0.25, 0.3) is 0 Å². The van der Waals surface area contributed by atoms with Gasteiger partial charge in [-0.05, 0) is 24.3 Å². The smallest absolute Gasteiger partial charge is 0.261 e. The summed E-state index contributed by atoms with van der Waals surface area (Å²) in [6.45, 7) is 0. The van der Waals surface area contributed by atoms with Crippen molar-refractivity contribution in [1.29, 1.82) is 0 Å². The third-order valence-corrected chi connectivity index (χ3v) is 2.74. The van der Waals surface area contributed by atoms with E-state index in [1.54, 1.807) is 49.5 Å². The molecule has 4 heteroatoms. The van der Waals surface area contributed by atoms with E-state index in [1.165, 1.54) is 11.0 Å². The highest BCUT2D eigenvalue weighted by Crippen LogP contribution is 2.25. The maximum Gasteiger partial charge on any atom is 0.261 e. The number of phenols is 1. The minimum atomic E-state index is -0.300. The van der Waals surface area contributed by atoms with E-state index in [9.17, 15) is 9.90 Å². The van der Waals surface area contributed by atoms with E-state index in [0.717, 1.165) is 0 Å². The SMILES string of the molecule is CN(C(=O)c1ccccc1O)c1ccccc1N. The summed E-state index contributed by atoms with van der Waals surface area (Å²) < 4.78 is 0. The first-order valence-corrected chi connectivity index (χ1v) is 5.52. The van der Waals surface area contributed by atoms with E-state index in [4.69, 9.17) is 5.73 Å². The van der Waals surface area contributed by atoms with Crippen LogP contribution >= 0.6 is 0 Å². The van der Waals surface area contributed by atoms with Crippen molar-refractivity contribution < 1.29 is 9.90 Å². The van der Waals surface area contributed by atoms with Gasteiger partial charge in [-0.3, -0.25) is 4.79 Å². The van der Waals surface area contributed by atoms with Crippen LogP contribution in [0.3, 0.4) is 0 Å². The second kappa shape index (κ2) is 4.79. The first-order chi connectivity index (χ1) is 8.61. The molecule has 4 nitrogen and oxygen atoms in total. The van der Waals surface area contributed by atoms with Crippen molar-refractivity contribution in [3.05, 3.63) is 54.1 Å². The molecule has 0 aliphatic heterocycles. The lowest BCUT2D eigenvalue weighted by Crippen LogP contribution is -2.27. The summed E-state index contributed by atoms with van der Waals surface area (Å²) in [6.07, 6.45) is 0. The van der Waals surface area contributed by atoms with Gasteiger partial charge in [0.15, 0.2) is 0 Å². The molecule has 2 aromatic rings. The Labute approximate surface area is 105 Å². The Balaban J connectivity index is 2.36. The number of nitrogens with two attached hydrogens (primary N) is 1. The van der Waals surface area contributed by atoms with Gasteiger partial charge in [-0.25, -0.2) is 0 Å². The van der Waals surface area contributed by atoms with Gasteiger partial charge in [-0.15, -0.1) is 0 Å². The van der Waals surface area contributed by atoms with E-state index in [2.05, 4.69) is 0 Å². The largest absolute Gasteiger partial charge is 0.507 e. The number of nitrogens with zero attached hydrogens (tertiary/aromatic N) is 1. The Morgan fingerprint density at radius 1 is 1.11 bits per heavy atom. The number of rotatable bonds is 2. The summed E-state index contributed by atoms with van der Waals surface area (Å²) in [7, 11) is 1.63. The number of hydrogen-bond donors (Lipinski definition) is 2. The van der Waals surface area contributed by atoms with Crippen LogP contribution in [0.1, 0.15) is 10.4 Å². The molecule has 3 N–H and O–H groups in total. The summed E-state index contributed by atoms with van der Waals surface area (Å²) in [6, 6.07) is 13.5. The monoisotopic (exact) mass is 242 g/mol. The van der Waals surface area contributed by atoms with Crippen LogP contribution in [-0.4, -0.2) is 18.1 Å². The van der Waals surface area contributed by atoms with E-state index in [0.29, 0.717) is 11.4 Å². The van der Waals surface area contributed by atoms with Gasteiger partial charge in [0, 0.05) is 7.05 Å². The van der Waals surface area contributed by atoms with E-state index < -0.39 is 0 Å². The van der Waals surface area contributed by atoms with Gasteiger partial charge in [-0.2, -0.15) is 0 Å². The highest BCUT2D eigenvalue weighted by molar-refractivity contribution is 6.08. The van der Waals surface area contributed by atoms with E-state index in [1.807, 2.05) is 0 Å². The normalized spacial score (nSPS) is 10.1. The van der Waals surface area contributed by atoms with Crippen LogP contribution in [0.15, 0.2) is 48.5 Å². The molecule has 0 bridgehead atoms. The summed E-state index contributed by atoms with van der Waals surface area (Å²) in [4.78, 5) is 13.6. The van der Waals surface area contributed by atoms with Crippen molar-refractivity contribution in [3.63, 3.8) is 0 Å². The van der Waals surface area contributed by atoms with Crippen LogP contribution in [-0.2, 0) is 0 Å². The lowest BCUT2D eigenvalue weighted by atomic mass is 10.1. The summed E-state index contributed by atoms with van der Waals surface area (Å²) in [5.41, 5.74) is 7.21. The zero-order valence-electron chi connectivity index (χ0n) is 10.00. The molecule has 18 heavy (non-hydrogen) atoms. The molecule has 0 saturated heterocycles. The molecule has 2 aromatic carbocycles. The van der Waals surface area contributed by atoms with Crippen LogP contribution in [0.5, 0.6) is 5.75 Å². The van der Waals surface area contributed by atoms with Crippen LogP contribution in [0.4, 0.5) is 11.4 Å². The molecule has 0 heterocycles. The summed E-state index contributed by atoms with van der Waals surface area (Å²) in [5, 5.41) is 9.67. The first-order valence-electron chi connectivity index (χ1n) is 5.52. The van der Waals surface area contributed by atoms with Gasteiger partial charge < -0.3 is 15.7 Å². The van der Waals surface area contributed by atoms with E-state index in [-0.39, 0.29) is 17.2 Å². The standard InChI is InChI=1S/C14H14N2O2/c1-16(12-8-4-3-7-11(12)15)14(18)10-6-2-5-9-13(10)17/h2-9,17H,15H2,1H3. The number of phenolic OH excluding ortho intramolecular Hbond substituents is 1. The Morgan fingerprint density at radius 3 is 2.39 bits per heavy atom. The van der Waals surface area contributed by atoms with E-state index >= 15 is 0 Å². The van der Waals surface area contributed by atoms with Gasteiger partial charge in [0.2, 0.25) is 0 Å². The summed E-state index contributed by atoms with van der Waals surface area (Å²) in [5.74, 6) is -0.338. The predicted octanol–water partition coefficient (Wildman–Crippen LogP) is 2.25. The van der Waals surface area contributed by atoms with Crippen molar-refractivity contribution in [1.82, 2.24) is 0 Å². The fraction of sp³-hybridized carbons (Fsp3) is 0.0714. The average Bonchev–Trinajstić information content (AvgIpc) is 2.38.